The minimum atomic E-state index is -0.711. The lowest BCUT2D eigenvalue weighted by molar-refractivity contribution is 0.102. The van der Waals surface area contributed by atoms with Gasteiger partial charge in [0.15, 0.2) is 5.82 Å². The fourth-order valence-corrected chi connectivity index (χ4v) is 3.26. The molecule has 3 N–H and O–H groups in total. The minimum Gasteiger partial charge on any atom is -0.318 e. The number of aliphatic imine (C=N–C) groups is 1. The van der Waals surface area contributed by atoms with Crippen LogP contribution in [0.4, 0.5) is 10.1 Å². The molecule has 0 aliphatic heterocycles. The van der Waals surface area contributed by atoms with Gasteiger partial charge in [-0.05, 0) is 48.7 Å². The molecule has 1 amide bonds. The maximum Gasteiger partial charge on any atom is 0.274 e. The number of carbonyl (C=O) groups is 1. The number of pyridine rings is 1. The average Bonchev–Trinajstić information content (AvgIpc) is 3.61. The molecule has 0 saturated heterocycles. The predicted molar refractivity (Wildman–Crippen MR) is 126 cm³/mol. The van der Waals surface area contributed by atoms with Crippen LogP contribution in [-0.4, -0.2) is 47.3 Å². The van der Waals surface area contributed by atoms with Gasteiger partial charge < -0.3 is 10.2 Å². The summed E-state index contributed by atoms with van der Waals surface area (Å²) in [4.78, 5) is 22.3. The second-order valence-corrected chi connectivity index (χ2v) is 8.16. The Bertz CT molecular complexity index is 1090. The number of allylic oxidation sites excluding steroid dienone is 2. The Hall–Kier alpha value is -3.68. The lowest BCUT2D eigenvalue weighted by Gasteiger charge is -2.21. The largest absolute Gasteiger partial charge is 0.318 e. The highest BCUT2D eigenvalue weighted by atomic mass is 19.1. The van der Waals surface area contributed by atoms with Crippen molar-refractivity contribution in [1.82, 2.24) is 9.88 Å². The number of aromatic nitrogens is 1. The van der Waals surface area contributed by atoms with E-state index in [4.69, 9.17) is 10.8 Å². The Morgan fingerprint density at radius 3 is 2.75 bits per heavy atom. The number of hydrogen-bond acceptors (Lipinski definition) is 5. The monoisotopic (exact) mass is 434 g/mol. The summed E-state index contributed by atoms with van der Waals surface area (Å²) >= 11 is 0. The molecule has 0 atom stereocenters. The van der Waals surface area contributed by atoms with Crippen LogP contribution in [0.5, 0.6) is 0 Å². The van der Waals surface area contributed by atoms with E-state index in [9.17, 15) is 4.79 Å². The average molecular weight is 435 g/mol. The molecule has 0 spiro atoms. The van der Waals surface area contributed by atoms with E-state index in [2.05, 4.69) is 15.3 Å². The van der Waals surface area contributed by atoms with Gasteiger partial charge >= 0.3 is 0 Å². The van der Waals surface area contributed by atoms with Crippen LogP contribution in [0.1, 0.15) is 48.3 Å². The SMILES string of the molecule is C/N=C\C=C/C(C)(C)c1ccnc(C(=O)Nc2cccc(C(=N)N(C=N)C3CC3)c2F)c1. The number of anilines is 1. The normalized spacial score (nSPS) is 14.0. The molecule has 1 saturated carbocycles. The van der Waals surface area contributed by atoms with Crippen molar-refractivity contribution in [3.8, 4) is 0 Å². The number of nitrogens with zero attached hydrogens (tertiary/aromatic N) is 3. The lowest BCUT2D eigenvalue weighted by Crippen LogP contribution is -2.32. The maximum absolute atomic E-state index is 15.1. The molecule has 1 heterocycles. The summed E-state index contributed by atoms with van der Waals surface area (Å²) in [6.07, 6.45) is 9.84. The first kappa shape index (κ1) is 23.0. The van der Waals surface area contributed by atoms with E-state index in [-0.39, 0.29) is 34.2 Å². The molecule has 1 aromatic carbocycles. The second-order valence-electron chi connectivity index (χ2n) is 8.16. The molecule has 7 nitrogen and oxygen atoms in total. The van der Waals surface area contributed by atoms with Gasteiger partial charge in [-0.3, -0.25) is 25.6 Å². The first-order valence-electron chi connectivity index (χ1n) is 10.3. The molecule has 8 heteroatoms. The summed E-state index contributed by atoms with van der Waals surface area (Å²) in [6.45, 7) is 4.02. The molecular weight excluding hydrogens is 407 g/mol. The molecule has 1 aromatic heterocycles. The molecule has 1 fully saturated rings. The Morgan fingerprint density at radius 2 is 2.09 bits per heavy atom. The number of amides is 1. The number of benzene rings is 1. The highest BCUT2D eigenvalue weighted by Gasteiger charge is 2.31. The zero-order valence-corrected chi connectivity index (χ0v) is 18.4. The summed E-state index contributed by atoms with van der Waals surface area (Å²) in [7, 11) is 1.69. The molecule has 2 aromatic rings. The van der Waals surface area contributed by atoms with Gasteiger partial charge in [0, 0.05) is 30.9 Å². The van der Waals surface area contributed by atoms with Crippen molar-refractivity contribution in [2.75, 3.05) is 12.4 Å². The van der Waals surface area contributed by atoms with Crippen molar-refractivity contribution in [2.24, 2.45) is 4.99 Å². The van der Waals surface area contributed by atoms with Gasteiger partial charge in [0.2, 0.25) is 0 Å². The summed E-state index contributed by atoms with van der Waals surface area (Å²) in [5.41, 5.74) is 0.665. The van der Waals surface area contributed by atoms with Gasteiger partial charge in [0.25, 0.3) is 5.91 Å². The molecule has 32 heavy (non-hydrogen) atoms. The minimum absolute atomic E-state index is 0.0313. The number of hydrogen-bond donors (Lipinski definition) is 3. The van der Waals surface area contributed by atoms with E-state index in [1.807, 2.05) is 32.1 Å². The van der Waals surface area contributed by atoms with Crippen molar-refractivity contribution in [1.29, 1.82) is 10.8 Å². The fourth-order valence-electron chi connectivity index (χ4n) is 3.26. The van der Waals surface area contributed by atoms with Gasteiger partial charge in [-0.15, -0.1) is 0 Å². The third-order valence-electron chi connectivity index (χ3n) is 5.32. The smallest absolute Gasteiger partial charge is 0.274 e. The van der Waals surface area contributed by atoms with E-state index in [1.54, 1.807) is 31.6 Å². The van der Waals surface area contributed by atoms with E-state index in [1.165, 1.54) is 17.0 Å². The van der Waals surface area contributed by atoms with E-state index in [0.29, 0.717) is 0 Å². The first-order valence-corrected chi connectivity index (χ1v) is 10.3. The summed E-state index contributed by atoms with van der Waals surface area (Å²) in [5, 5.41) is 18.4. The zero-order chi connectivity index (χ0) is 23.3. The van der Waals surface area contributed by atoms with Gasteiger partial charge in [-0.1, -0.05) is 26.0 Å². The summed E-state index contributed by atoms with van der Waals surface area (Å²) in [5.74, 6) is -1.35. The third kappa shape index (κ3) is 5.14. The summed E-state index contributed by atoms with van der Waals surface area (Å²) < 4.78 is 15.1. The zero-order valence-electron chi connectivity index (χ0n) is 18.4. The number of amidine groups is 1. The Labute approximate surface area is 187 Å². The number of rotatable bonds is 8. The number of nitrogens with one attached hydrogen (secondary N) is 3. The molecular formula is C24H27FN6O. The van der Waals surface area contributed by atoms with Crippen LogP contribution in [0, 0.1) is 16.6 Å². The molecule has 0 radical (unpaired) electrons. The highest BCUT2D eigenvalue weighted by Crippen LogP contribution is 2.29. The fraction of sp³-hybridized carbons (Fsp3) is 0.292. The van der Waals surface area contributed by atoms with Crippen molar-refractivity contribution in [3.05, 3.63) is 71.3 Å². The van der Waals surface area contributed by atoms with Crippen LogP contribution in [-0.2, 0) is 5.41 Å². The van der Waals surface area contributed by atoms with E-state index in [0.717, 1.165) is 24.7 Å². The molecule has 0 unspecified atom stereocenters. The van der Waals surface area contributed by atoms with Crippen LogP contribution < -0.4 is 5.32 Å². The maximum atomic E-state index is 15.1. The van der Waals surface area contributed by atoms with E-state index >= 15 is 4.39 Å². The highest BCUT2D eigenvalue weighted by molar-refractivity contribution is 6.06. The molecule has 0 bridgehead atoms. The lowest BCUT2D eigenvalue weighted by atomic mass is 9.84. The van der Waals surface area contributed by atoms with Crippen LogP contribution >= 0.6 is 0 Å². The van der Waals surface area contributed by atoms with E-state index < -0.39 is 11.7 Å². The Balaban J connectivity index is 1.82. The Morgan fingerprint density at radius 1 is 1.34 bits per heavy atom. The summed E-state index contributed by atoms with van der Waals surface area (Å²) in [6, 6.07) is 8.05. The van der Waals surface area contributed by atoms with Crippen LogP contribution in [0.15, 0.2) is 53.7 Å². The Kier molecular flexibility index (Phi) is 6.92. The molecule has 3 rings (SSSR count). The predicted octanol–water partition coefficient (Wildman–Crippen LogP) is 4.40. The van der Waals surface area contributed by atoms with Gasteiger partial charge in [0.1, 0.15) is 11.5 Å². The van der Waals surface area contributed by atoms with Crippen LogP contribution in [0.3, 0.4) is 0 Å². The van der Waals surface area contributed by atoms with Crippen molar-refractivity contribution in [3.63, 3.8) is 0 Å². The van der Waals surface area contributed by atoms with Crippen molar-refractivity contribution >= 4 is 30.0 Å². The van der Waals surface area contributed by atoms with Gasteiger partial charge in [0.05, 0.1) is 17.6 Å². The van der Waals surface area contributed by atoms with Gasteiger partial charge in [-0.2, -0.15) is 0 Å². The van der Waals surface area contributed by atoms with Crippen molar-refractivity contribution in [2.45, 2.75) is 38.1 Å². The third-order valence-corrected chi connectivity index (χ3v) is 5.32. The first-order chi connectivity index (χ1) is 15.3. The van der Waals surface area contributed by atoms with Gasteiger partial charge in [-0.25, -0.2) is 4.39 Å². The molecule has 166 valence electrons. The molecule has 1 aliphatic carbocycles. The standard InChI is InChI=1S/C24H27FN6O/c1-24(2,11-5-12-28-3)16-10-13-29-20(14-16)23(32)30-19-7-4-6-18(21(19)25)22(27)31(15-26)17-8-9-17/h4-7,10-15,17,26-27H,8-9H2,1-3H3,(H,30,32)/b11-5-,26-15?,27-22?,28-12-. The second kappa shape index (κ2) is 9.64. The van der Waals surface area contributed by atoms with Crippen LogP contribution in [0.25, 0.3) is 0 Å². The number of halogens is 1. The van der Waals surface area contributed by atoms with Crippen molar-refractivity contribution < 1.29 is 9.18 Å². The number of carbonyl (C=O) groups excluding carboxylic acids is 1. The quantitative estimate of drug-likeness (QED) is 0.423. The van der Waals surface area contributed by atoms with Crippen LogP contribution in [0.2, 0.25) is 0 Å². The topological polar surface area (TPSA) is 105 Å². The molecule has 1 aliphatic rings.